The third kappa shape index (κ3) is 4.33. The zero-order chi connectivity index (χ0) is 13.7. The van der Waals surface area contributed by atoms with Crippen molar-refractivity contribution in [2.75, 3.05) is 19.0 Å². The zero-order valence-corrected chi connectivity index (χ0v) is 12.7. The Balaban J connectivity index is 2.44. The molecule has 1 unspecified atom stereocenters. The Morgan fingerprint density at radius 1 is 1.28 bits per heavy atom. The number of anilines is 1. The van der Waals surface area contributed by atoms with Crippen LogP contribution in [-0.4, -0.2) is 29.7 Å². The standard InChI is InChI=1S/C14H28N4/c1-11(2)7-8-12(3)15-9-13-10-16-14(17(4)5)18(13)6/h10-12,15H,7-9H2,1-6H3. The molecular weight excluding hydrogens is 224 g/mol. The molecule has 0 spiro atoms. The lowest BCUT2D eigenvalue weighted by atomic mass is 10.0. The molecule has 1 N–H and O–H groups in total. The minimum Gasteiger partial charge on any atom is -0.348 e. The molecule has 0 aliphatic carbocycles. The third-order valence-electron chi connectivity index (χ3n) is 3.27. The van der Waals surface area contributed by atoms with Gasteiger partial charge in [0.15, 0.2) is 0 Å². The van der Waals surface area contributed by atoms with Crippen molar-refractivity contribution in [1.29, 1.82) is 0 Å². The van der Waals surface area contributed by atoms with Crippen molar-refractivity contribution in [2.45, 2.75) is 46.2 Å². The fourth-order valence-electron chi connectivity index (χ4n) is 1.98. The van der Waals surface area contributed by atoms with Crippen molar-refractivity contribution < 1.29 is 0 Å². The van der Waals surface area contributed by atoms with E-state index in [9.17, 15) is 0 Å². The van der Waals surface area contributed by atoms with E-state index in [-0.39, 0.29) is 0 Å². The van der Waals surface area contributed by atoms with Gasteiger partial charge in [0.05, 0.1) is 11.9 Å². The molecule has 1 heterocycles. The quantitative estimate of drug-likeness (QED) is 0.809. The highest BCUT2D eigenvalue weighted by Crippen LogP contribution is 2.11. The Morgan fingerprint density at radius 3 is 2.44 bits per heavy atom. The Hall–Kier alpha value is -1.03. The van der Waals surface area contributed by atoms with Crippen molar-refractivity contribution in [1.82, 2.24) is 14.9 Å². The fourth-order valence-corrected chi connectivity index (χ4v) is 1.98. The van der Waals surface area contributed by atoms with Crippen LogP contribution >= 0.6 is 0 Å². The van der Waals surface area contributed by atoms with E-state index in [0.717, 1.165) is 18.4 Å². The van der Waals surface area contributed by atoms with Crippen LogP contribution in [-0.2, 0) is 13.6 Å². The highest BCUT2D eigenvalue weighted by Gasteiger charge is 2.09. The summed E-state index contributed by atoms with van der Waals surface area (Å²) in [6.45, 7) is 7.69. The Kier molecular flexibility index (Phi) is 5.66. The molecule has 0 aromatic carbocycles. The van der Waals surface area contributed by atoms with Gasteiger partial charge in [0.2, 0.25) is 5.95 Å². The van der Waals surface area contributed by atoms with Crippen molar-refractivity contribution in [3.8, 4) is 0 Å². The second kappa shape index (κ2) is 6.78. The van der Waals surface area contributed by atoms with Crippen LogP contribution in [0.2, 0.25) is 0 Å². The van der Waals surface area contributed by atoms with Gasteiger partial charge >= 0.3 is 0 Å². The molecule has 18 heavy (non-hydrogen) atoms. The first-order valence-corrected chi connectivity index (χ1v) is 6.83. The zero-order valence-electron chi connectivity index (χ0n) is 12.7. The summed E-state index contributed by atoms with van der Waals surface area (Å²) in [5.41, 5.74) is 1.23. The summed E-state index contributed by atoms with van der Waals surface area (Å²) in [5.74, 6) is 1.79. The Bertz CT molecular complexity index is 355. The summed E-state index contributed by atoms with van der Waals surface area (Å²) in [6, 6.07) is 0.560. The van der Waals surface area contributed by atoms with E-state index in [4.69, 9.17) is 0 Å². The van der Waals surface area contributed by atoms with Gasteiger partial charge < -0.3 is 14.8 Å². The average Bonchev–Trinajstić information content (AvgIpc) is 2.65. The molecule has 0 radical (unpaired) electrons. The van der Waals surface area contributed by atoms with Gasteiger partial charge in [-0.25, -0.2) is 4.98 Å². The maximum Gasteiger partial charge on any atom is 0.204 e. The van der Waals surface area contributed by atoms with Crippen LogP contribution in [0.3, 0.4) is 0 Å². The number of aromatic nitrogens is 2. The van der Waals surface area contributed by atoms with Gasteiger partial charge in [0.1, 0.15) is 0 Å². The smallest absolute Gasteiger partial charge is 0.204 e. The van der Waals surface area contributed by atoms with Gasteiger partial charge in [-0.05, 0) is 25.7 Å². The Morgan fingerprint density at radius 2 is 1.94 bits per heavy atom. The summed E-state index contributed by atoms with van der Waals surface area (Å²) < 4.78 is 2.14. The van der Waals surface area contributed by atoms with E-state index in [1.54, 1.807) is 0 Å². The van der Waals surface area contributed by atoms with Gasteiger partial charge in [-0.1, -0.05) is 13.8 Å². The van der Waals surface area contributed by atoms with Gasteiger partial charge in [-0.3, -0.25) is 0 Å². The average molecular weight is 252 g/mol. The molecule has 4 nitrogen and oxygen atoms in total. The molecule has 0 saturated carbocycles. The van der Waals surface area contributed by atoms with E-state index >= 15 is 0 Å². The van der Waals surface area contributed by atoms with Crippen LogP contribution in [0.1, 0.15) is 39.3 Å². The van der Waals surface area contributed by atoms with Crippen LogP contribution in [0, 0.1) is 5.92 Å². The van der Waals surface area contributed by atoms with E-state index in [2.05, 4.69) is 42.7 Å². The second-order valence-corrected chi connectivity index (χ2v) is 5.76. The first-order valence-electron chi connectivity index (χ1n) is 6.83. The largest absolute Gasteiger partial charge is 0.348 e. The van der Waals surface area contributed by atoms with Crippen LogP contribution in [0.15, 0.2) is 6.20 Å². The number of nitrogens with one attached hydrogen (secondary N) is 1. The van der Waals surface area contributed by atoms with Gasteiger partial charge in [0.25, 0.3) is 0 Å². The molecule has 0 amide bonds. The predicted molar refractivity (Wildman–Crippen MR) is 77.9 cm³/mol. The van der Waals surface area contributed by atoms with E-state index in [1.807, 2.05) is 25.2 Å². The number of rotatable bonds is 7. The van der Waals surface area contributed by atoms with Crippen LogP contribution in [0.25, 0.3) is 0 Å². The van der Waals surface area contributed by atoms with E-state index in [1.165, 1.54) is 18.5 Å². The summed E-state index contributed by atoms with van der Waals surface area (Å²) >= 11 is 0. The predicted octanol–water partition coefficient (Wildman–Crippen LogP) is 2.40. The number of hydrogen-bond acceptors (Lipinski definition) is 3. The van der Waals surface area contributed by atoms with E-state index in [0.29, 0.717) is 6.04 Å². The first kappa shape index (κ1) is 15.0. The third-order valence-corrected chi connectivity index (χ3v) is 3.27. The molecule has 0 fully saturated rings. The van der Waals surface area contributed by atoms with Crippen LogP contribution in [0.5, 0.6) is 0 Å². The van der Waals surface area contributed by atoms with Crippen LogP contribution < -0.4 is 10.2 Å². The van der Waals surface area contributed by atoms with Gasteiger partial charge in [-0.15, -0.1) is 0 Å². The maximum atomic E-state index is 4.42. The first-order chi connectivity index (χ1) is 8.41. The van der Waals surface area contributed by atoms with Gasteiger partial charge in [-0.2, -0.15) is 0 Å². The summed E-state index contributed by atoms with van der Waals surface area (Å²) in [7, 11) is 6.10. The molecule has 1 aromatic heterocycles. The molecule has 1 rings (SSSR count). The highest BCUT2D eigenvalue weighted by atomic mass is 15.3. The molecule has 104 valence electrons. The SMILES string of the molecule is CC(C)CCC(C)NCc1cnc(N(C)C)n1C. The van der Waals surface area contributed by atoms with E-state index < -0.39 is 0 Å². The monoisotopic (exact) mass is 252 g/mol. The number of imidazole rings is 1. The molecule has 0 aliphatic rings. The van der Waals surface area contributed by atoms with Crippen molar-refractivity contribution >= 4 is 5.95 Å². The fraction of sp³-hybridized carbons (Fsp3) is 0.786. The van der Waals surface area contributed by atoms with Crippen molar-refractivity contribution in [3.63, 3.8) is 0 Å². The Labute approximate surface area is 111 Å². The molecule has 1 atom stereocenters. The summed E-state index contributed by atoms with van der Waals surface area (Å²) in [5, 5.41) is 3.57. The highest BCUT2D eigenvalue weighted by molar-refractivity contribution is 5.30. The second-order valence-electron chi connectivity index (χ2n) is 5.76. The minimum absolute atomic E-state index is 0.560. The normalized spacial score (nSPS) is 13.1. The lowest BCUT2D eigenvalue weighted by molar-refractivity contribution is 0.446. The lowest BCUT2D eigenvalue weighted by Gasteiger charge is -2.16. The van der Waals surface area contributed by atoms with Crippen molar-refractivity contribution in [3.05, 3.63) is 11.9 Å². The number of nitrogens with zero attached hydrogens (tertiary/aromatic N) is 3. The number of hydrogen-bond donors (Lipinski definition) is 1. The molecule has 4 heteroatoms. The van der Waals surface area contributed by atoms with Gasteiger partial charge in [0, 0.05) is 33.7 Å². The molecular formula is C14H28N4. The molecule has 0 aliphatic heterocycles. The maximum absolute atomic E-state index is 4.42. The molecule has 0 bridgehead atoms. The summed E-state index contributed by atoms with van der Waals surface area (Å²) in [6.07, 6.45) is 4.47. The molecule has 0 saturated heterocycles. The summed E-state index contributed by atoms with van der Waals surface area (Å²) in [4.78, 5) is 6.45. The topological polar surface area (TPSA) is 33.1 Å². The van der Waals surface area contributed by atoms with Crippen molar-refractivity contribution in [2.24, 2.45) is 13.0 Å². The lowest BCUT2D eigenvalue weighted by Crippen LogP contribution is -2.27. The van der Waals surface area contributed by atoms with Crippen LogP contribution in [0.4, 0.5) is 5.95 Å². The minimum atomic E-state index is 0.560. The molecule has 1 aromatic rings.